The molecule has 0 aromatic heterocycles. The number of sulfonamides is 1. The Bertz CT molecular complexity index is 818. The van der Waals surface area contributed by atoms with E-state index in [9.17, 15) is 13.2 Å². The summed E-state index contributed by atoms with van der Waals surface area (Å²) in [7, 11) is -3.58. The molecule has 5 nitrogen and oxygen atoms in total. The lowest BCUT2D eigenvalue weighted by Gasteiger charge is -2.25. The van der Waals surface area contributed by atoms with Crippen molar-refractivity contribution < 1.29 is 13.2 Å². The molecular formula is C19H24N2O3S. The molecule has 0 saturated heterocycles. The molecule has 0 unspecified atom stereocenters. The molecule has 0 fully saturated rings. The number of rotatable bonds is 7. The fourth-order valence-electron chi connectivity index (χ4n) is 2.64. The van der Waals surface area contributed by atoms with Gasteiger partial charge in [0.05, 0.1) is 4.90 Å². The number of nitrogens with zero attached hydrogens (tertiary/aromatic N) is 1. The summed E-state index contributed by atoms with van der Waals surface area (Å²) in [4.78, 5) is 13.9. The number of carbonyl (C=O) groups excluding carboxylic acids is 1. The molecule has 2 aromatic carbocycles. The number of nitrogens with one attached hydrogen (secondary N) is 1. The van der Waals surface area contributed by atoms with Gasteiger partial charge in [-0.05, 0) is 29.7 Å². The highest BCUT2D eigenvalue weighted by Gasteiger charge is 2.18. The van der Waals surface area contributed by atoms with E-state index in [1.54, 1.807) is 35.2 Å². The molecule has 1 N–H and O–H groups in total. The van der Waals surface area contributed by atoms with Gasteiger partial charge in [-0.2, -0.15) is 0 Å². The molecule has 0 aliphatic carbocycles. The van der Waals surface area contributed by atoms with Crippen LogP contribution in [0.5, 0.6) is 0 Å². The van der Waals surface area contributed by atoms with Crippen LogP contribution in [0, 0.1) is 0 Å². The molecule has 0 aliphatic heterocycles. The van der Waals surface area contributed by atoms with Crippen molar-refractivity contribution in [3.63, 3.8) is 0 Å². The summed E-state index contributed by atoms with van der Waals surface area (Å²) in [6.45, 7) is 6.03. The zero-order valence-electron chi connectivity index (χ0n) is 14.8. The highest BCUT2D eigenvalue weighted by atomic mass is 32.2. The van der Waals surface area contributed by atoms with Gasteiger partial charge in [0.1, 0.15) is 0 Å². The minimum Gasteiger partial charge on any atom is -0.311 e. The highest BCUT2D eigenvalue weighted by Crippen LogP contribution is 2.27. The number of benzene rings is 2. The number of hydrogen-bond acceptors (Lipinski definition) is 3. The van der Waals surface area contributed by atoms with Crippen molar-refractivity contribution >= 4 is 21.6 Å². The molecule has 2 aromatic rings. The quantitative estimate of drug-likeness (QED) is 0.825. The third kappa shape index (κ3) is 4.90. The summed E-state index contributed by atoms with van der Waals surface area (Å²) in [5.41, 5.74) is 1.88. The van der Waals surface area contributed by atoms with Gasteiger partial charge in [0.25, 0.3) is 0 Å². The van der Waals surface area contributed by atoms with Crippen LogP contribution in [-0.2, 0) is 14.8 Å². The van der Waals surface area contributed by atoms with E-state index in [2.05, 4.69) is 18.6 Å². The largest absolute Gasteiger partial charge is 0.311 e. The van der Waals surface area contributed by atoms with Crippen molar-refractivity contribution in [2.45, 2.75) is 31.6 Å². The topological polar surface area (TPSA) is 66.5 Å². The minimum absolute atomic E-state index is 0.119. The number of para-hydroxylation sites is 1. The molecule has 2 rings (SSSR count). The van der Waals surface area contributed by atoms with Gasteiger partial charge in [0.15, 0.2) is 0 Å². The Hall–Kier alpha value is -2.18. The van der Waals surface area contributed by atoms with Crippen LogP contribution in [0.15, 0.2) is 59.5 Å². The second-order valence-corrected chi connectivity index (χ2v) is 7.86. The van der Waals surface area contributed by atoms with E-state index in [-0.39, 0.29) is 29.8 Å². The molecule has 0 aliphatic rings. The fraction of sp³-hybridized carbons (Fsp3) is 0.316. The summed E-state index contributed by atoms with van der Waals surface area (Å²) >= 11 is 0. The Morgan fingerprint density at radius 2 is 1.64 bits per heavy atom. The molecule has 0 atom stereocenters. The SMILES string of the molecule is CC(=O)N(CCNS(=O)(=O)c1ccccc1)c1ccccc1C(C)C. The van der Waals surface area contributed by atoms with Crippen LogP contribution < -0.4 is 9.62 Å². The van der Waals surface area contributed by atoms with Crippen LogP contribution in [0.3, 0.4) is 0 Å². The molecule has 0 radical (unpaired) electrons. The molecule has 0 saturated carbocycles. The number of anilines is 1. The molecule has 0 heterocycles. The summed E-state index contributed by atoms with van der Waals surface area (Å²) < 4.78 is 27.1. The van der Waals surface area contributed by atoms with E-state index in [0.29, 0.717) is 0 Å². The summed E-state index contributed by atoms with van der Waals surface area (Å²) in [6.07, 6.45) is 0. The van der Waals surface area contributed by atoms with Gasteiger partial charge < -0.3 is 4.90 Å². The lowest BCUT2D eigenvalue weighted by atomic mass is 10.0. The normalized spacial score (nSPS) is 11.5. The van der Waals surface area contributed by atoms with E-state index < -0.39 is 10.0 Å². The zero-order valence-corrected chi connectivity index (χ0v) is 15.6. The van der Waals surface area contributed by atoms with Gasteiger partial charge in [0.2, 0.25) is 15.9 Å². The van der Waals surface area contributed by atoms with Gasteiger partial charge in [0, 0.05) is 25.7 Å². The fourth-order valence-corrected chi connectivity index (χ4v) is 3.69. The third-order valence-corrected chi connectivity index (χ3v) is 5.39. The Labute approximate surface area is 149 Å². The second kappa shape index (κ2) is 8.27. The Morgan fingerprint density at radius 3 is 2.24 bits per heavy atom. The molecule has 1 amide bonds. The maximum atomic E-state index is 12.3. The molecule has 0 spiro atoms. The smallest absolute Gasteiger partial charge is 0.240 e. The van der Waals surface area contributed by atoms with Crippen LogP contribution in [0.2, 0.25) is 0 Å². The first-order valence-corrected chi connectivity index (χ1v) is 9.73. The molecule has 25 heavy (non-hydrogen) atoms. The maximum Gasteiger partial charge on any atom is 0.240 e. The van der Waals surface area contributed by atoms with E-state index in [1.165, 1.54) is 6.92 Å². The minimum atomic E-state index is -3.58. The molecular weight excluding hydrogens is 336 g/mol. The second-order valence-electron chi connectivity index (χ2n) is 6.09. The Balaban J connectivity index is 2.13. The zero-order chi connectivity index (χ0) is 18.4. The Kier molecular flexibility index (Phi) is 6.33. The monoisotopic (exact) mass is 360 g/mol. The average Bonchev–Trinajstić information content (AvgIpc) is 2.59. The molecule has 0 bridgehead atoms. The predicted molar refractivity (Wildman–Crippen MR) is 100 cm³/mol. The first kappa shape index (κ1) is 19.1. The van der Waals surface area contributed by atoms with Crippen molar-refractivity contribution in [3.8, 4) is 0 Å². The van der Waals surface area contributed by atoms with Crippen molar-refractivity contribution in [1.29, 1.82) is 0 Å². The number of hydrogen-bond donors (Lipinski definition) is 1. The van der Waals surface area contributed by atoms with Crippen LogP contribution in [0.25, 0.3) is 0 Å². The van der Waals surface area contributed by atoms with Gasteiger partial charge >= 0.3 is 0 Å². The summed E-state index contributed by atoms with van der Waals surface area (Å²) in [5, 5.41) is 0. The van der Waals surface area contributed by atoms with Crippen LogP contribution >= 0.6 is 0 Å². The lowest BCUT2D eigenvalue weighted by molar-refractivity contribution is -0.116. The standard InChI is InChI=1S/C19H24N2O3S/c1-15(2)18-11-7-8-12-19(18)21(16(3)22)14-13-20-25(23,24)17-9-5-4-6-10-17/h4-12,15,20H,13-14H2,1-3H3. The summed E-state index contributed by atoms with van der Waals surface area (Å²) in [5.74, 6) is 0.145. The van der Waals surface area contributed by atoms with Crippen LogP contribution in [0.4, 0.5) is 5.69 Å². The predicted octanol–water partition coefficient (Wildman–Crippen LogP) is 3.14. The van der Waals surface area contributed by atoms with Gasteiger partial charge in [-0.3, -0.25) is 4.79 Å². The van der Waals surface area contributed by atoms with Crippen LogP contribution in [-0.4, -0.2) is 27.4 Å². The number of amides is 1. The Morgan fingerprint density at radius 1 is 1.04 bits per heavy atom. The van der Waals surface area contributed by atoms with E-state index in [0.717, 1.165) is 11.3 Å². The van der Waals surface area contributed by atoms with E-state index >= 15 is 0 Å². The van der Waals surface area contributed by atoms with Gasteiger partial charge in [-0.15, -0.1) is 0 Å². The van der Waals surface area contributed by atoms with E-state index in [1.807, 2.05) is 24.3 Å². The molecule has 134 valence electrons. The van der Waals surface area contributed by atoms with Gasteiger partial charge in [-0.25, -0.2) is 13.1 Å². The maximum absolute atomic E-state index is 12.3. The van der Waals surface area contributed by atoms with Crippen LogP contribution in [0.1, 0.15) is 32.3 Å². The molecule has 6 heteroatoms. The van der Waals surface area contributed by atoms with Crippen molar-refractivity contribution in [3.05, 3.63) is 60.2 Å². The van der Waals surface area contributed by atoms with Gasteiger partial charge in [-0.1, -0.05) is 50.2 Å². The first-order chi connectivity index (χ1) is 11.8. The van der Waals surface area contributed by atoms with Crippen molar-refractivity contribution in [2.24, 2.45) is 0 Å². The van der Waals surface area contributed by atoms with Crippen molar-refractivity contribution in [2.75, 3.05) is 18.0 Å². The van der Waals surface area contributed by atoms with E-state index in [4.69, 9.17) is 0 Å². The number of carbonyl (C=O) groups is 1. The third-order valence-electron chi connectivity index (χ3n) is 3.91. The first-order valence-electron chi connectivity index (χ1n) is 8.24. The lowest BCUT2D eigenvalue weighted by Crippen LogP contribution is -2.38. The average molecular weight is 360 g/mol. The summed E-state index contributed by atoms with van der Waals surface area (Å²) in [6, 6.07) is 15.9. The van der Waals surface area contributed by atoms with Crippen molar-refractivity contribution in [1.82, 2.24) is 4.72 Å². The highest BCUT2D eigenvalue weighted by molar-refractivity contribution is 7.89.